The van der Waals surface area contributed by atoms with Gasteiger partial charge >= 0.3 is 6.01 Å². The van der Waals surface area contributed by atoms with E-state index in [-0.39, 0.29) is 23.3 Å². The first-order valence-electron chi connectivity index (χ1n) is 10.5. The molecule has 9 heteroatoms. The number of aromatic nitrogens is 3. The molecule has 4 aromatic rings. The van der Waals surface area contributed by atoms with Crippen molar-refractivity contribution in [3.05, 3.63) is 53.4 Å². The Kier molecular flexibility index (Phi) is 5.67. The molecule has 2 aromatic heterocycles. The molecule has 3 heterocycles. The zero-order valence-corrected chi connectivity index (χ0v) is 18.6. The molecule has 1 aliphatic heterocycles. The van der Waals surface area contributed by atoms with Crippen LogP contribution >= 0.6 is 11.6 Å². The van der Waals surface area contributed by atoms with Crippen molar-refractivity contribution in [1.29, 1.82) is 5.26 Å². The minimum Gasteiger partial charge on any atom is -0.467 e. The fourth-order valence-corrected chi connectivity index (χ4v) is 4.58. The van der Waals surface area contributed by atoms with E-state index in [1.807, 2.05) is 29.2 Å². The minimum absolute atomic E-state index is 0.00494. The largest absolute Gasteiger partial charge is 0.467 e. The van der Waals surface area contributed by atoms with Crippen LogP contribution in [0.2, 0.25) is 5.02 Å². The highest BCUT2D eigenvalue weighted by Gasteiger charge is 2.25. The number of anilines is 1. The van der Waals surface area contributed by atoms with Crippen molar-refractivity contribution in [3.8, 4) is 23.3 Å². The van der Waals surface area contributed by atoms with Gasteiger partial charge in [0.2, 0.25) is 0 Å². The zero-order valence-electron chi connectivity index (χ0n) is 17.8. The number of hydrogen-bond acceptors (Lipinski definition) is 7. The van der Waals surface area contributed by atoms with Crippen LogP contribution in [0.15, 0.2) is 42.6 Å². The third-order valence-electron chi connectivity index (χ3n) is 5.83. The van der Waals surface area contributed by atoms with Crippen molar-refractivity contribution in [1.82, 2.24) is 20.3 Å². The maximum absolute atomic E-state index is 16.0. The number of nitriles is 1. The highest BCUT2D eigenvalue weighted by atomic mass is 35.5. The first kappa shape index (κ1) is 21.3. The number of rotatable bonds is 4. The van der Waals surface area contributed by atoms with Crippen LogP contribution < -0.4 is 15.0 Å². The molecule has 1 atom stereocenters. The Labute approximate surface area is 194 Å². The van der Waals surface area contributed by atoms with E-state index in [0.717, 1.165) is 10.8 Å². The zero-order chi connectivity index (χ0) is 22.9. The number of ether oxygens (including phenoxy) is 1. The Balaban J connectivity index is 1.69. The summed E-state index contributed by atoms with van der Waals surface area (Å²) in [4.78, 5) is 15.3. The molecule has 1 fully saturated rings. The average molecular weight is 463 g/mol. The van der Waals surface area contributed by atoms with Gasteiger partial charge in [0.15, 0.2) is 5.82 Å². The van der Waals surface area contributed by atoms with Crippen LogP contribution in [0.25, 0.3) is 32.9 Å². The predicted molar refractivity (Wildman–Crippen MR) is 126 cm³/mol. The number of nitrogens with one attached hydrogen (secondary N) is 1. The molecule has 0 bridgehead atoms. The summed E-state index contributed by atoms with van der Waals surface area (Å²) in [5.41, 5.74) is 0.879. The Hall–Kier alpha value is -3.54. The quantitative estimate of drug-likeness (QED) is 0.482. The van der Waals surface area contributed by atoms with E-state index in [2.05, 4.69) is 26.3 Å². The second-order valence-electron chi connectivity index (χ2n) is 7.82. The van der Waals surface area contributed by atoms with E-state index in [0.29, 0.717) is 47.8 Å². The maximum atomic E-state index is 16.0. The summed E-state index contributed by atoms with van der Waals surface area (Å²) in [7, 11) is 1.45. The standard InChI is InChI=1S/C24H20ClFN6O/c1-33-24-30-22-17(23(31-24)32-11-10-28-15(13-32)8-9-27)12-29-21(20(22)26)16-6-2-4-14-5-3-7-18(25)19(14)16/h2-7,12,15,28H,8,10-11,13H2,1H3/t15-/m0/s1. The van der Waals surface area contributed by atoms with E-state index in [1.54, 1.807) is 18.3 Å². The fraction of sp³-hybridized carbons (Fsp3) is 0.250. The summed E-state index contributed by atoms with van der Waals surface area (Å²) < 4.78 is 21.2. The number of halogens is 2. The van der Waals surface area contributed by atoms with Crippen LogP contribution in [0.4, 0.5) is 10.2 Å². The monoisotopic (exact) mass is 462 g/mol. The van der Waals surface area contributed by atoms with Gasteiger partial charge in [0.05, 0.1) is 25.0 Å². The van der Waals surface area contributed by atoms with Crippen molar-refractivity contribution in [3.63, 3.8) is 0 Å². The fourth-order valence-electron chi connectivity index (χ4n) is 4.30. The smallest absolute Gasteiger partial charge is 0.318 e. The average Bonchev–Trinajstić information content (AvgIpc) is 2.84. The van der Waals surface area contributed by atoms with Gasteiger partial charge in [-0.3, -0.25) is 4.98 Å². The van der Waals surface area contributed by atoms with E-state index >= 15 is 4.39 Å². The number of benzene rings is 2. The van der Waals surface area contributed by atoms with Crippen LogP contribution in [0.1, 0.15) is 6.42 Å². The Morgan fingerprint density at radius 2 is 2.09 bits per heavy atom. The number of pyridine rings is 1. The van der Waals surface area contributed by atoms with Gasteiger partial charge in [-0.25, -0.2) is 4.39 Å². The molecule has 0 spiro atoms. The van der Waals surface area contributed by atoms with Crippen molar-refractivity contribution in [2.45, 2.75) is 12.5 Å². The van der Waals surface area contributed by atoms with Crippen LogP contribution in [0.3, 0.4) is 0 Å². The van der Waals surface area contributed by atoms with Gasteiger partial charge in [-0.1, -0.05) is 41.9 Å². The number of piperazine rings is 1. The van der Waals surface area contributed by atoms with Gasteiger partial charge in [-0.2, -0.15) is 15.2 Å². The lowest BCUT2D eigenvalue weighted by Crippen LogP contribution is -2.51. The highest BCUT2D eigenvalue weighted by Crippen LogP contribution is 2.37. The van der Waals surface area contributed by atoms with Gasteiger partial charge in [-0.15, -0.1) is 0 Å². The van der Waals surface area contributed by atoms with E-state index in [4.69, 9.17) is 21.6 Å². The van der Waals surface area contributed by atoms with Crippen LogP contribution in [0, 0.1) is 17.1 Å². The molecule has 0 amide bonds. The highest BCUT2D eigenvalue weighted by molar-refractivity contribution is 6.36. The molecule has 0 saturated carbocycles. The Morgan fingerprint density at radius 1 is 1.27 bits per heavy atom. The van der Waals surface area contributed by atoms with Crippen LogP contribution in [-0.4, -0.2) is 47.7 Å². The normalized spacial score (nSPS) is 16.2. The lowest BCUT2D eigenvalue weighted by molar-refractivity contribution is 0.380. The summed E-state index contributed by atoms with van der Waals surface area (Å²) in [5.74, 6) is -0.0271. The summed E-state index contributed by atoms with van der Waals surface area (Å²) in [6.45, 7) is 1.90. The lowest BCUT2D eigenvalue weighted by Gasteiger charge is -2.34. The van der Waals surface area contributed by atoms with E-state index in [1.165, 1.54) is 7.11 Å². The molecule has 33 heavy (non-hydrogen) atoms. The maximum Gasteiger partial charge on any atom is 0.318 e. The summed E-state index contributed by atoms with van der Waals surface area (Å²) >= 11 is 6.47. The number of nitrogens with zero attached hydrogens (tertiary/aromatic N) is 5. The molecule has 166 valence electrons. The number of methoxy groups -OCH3 is 1. The van der Waals surface area contributed by atoms with Gasteiger partial charge in [-0.05, 0) is 11.5 Å². The minimum atomic E-state index is -0.564. The Morgan fingerprint density at radius 3 is 2.88 bits per heavy atom. The molecule has 2 aromatic carbocycles. The van der Waals surface area contributed by atoms with Crippen molar-refractivity contribution in [2.75, 3.05) is 31.6 Å². The van der Waals surface area contributed by atoms with Crippen molar-refractivity contribution < 1.29 is 9.13 Å². The summed E-state index contributed by atoms with van der Waals surface area (Å²) in [5, 5.41) is 15.0. The van der Waals surface area contributed by atoms with E-state index in [9.17, 15) is 0 Å². The van der Waals surface area contributed by atoms with Crippen molar-refractivity contribution in [2.24, 2.45) is 0 Å². The molecule has 5 rings (SSSR count). The van der Waals surface area contributed by atoms with Gasteiger partial charge in [0, 0.05) is 47.8 Å². The molecule has 0 unspecified atom stereocenters. The third-order valence-corrected chi connectivity index (χ3v) is 6.14. The van der Waals surface area contributed by atoms with Crippen LogP contribution in [0.5, 0.6) is 6.01 Å². The van der Waals surface area contributed by atoms with E-state index < -0.39 is 5.82 Å². The van der Waals surface area contributed by atoms with Gasteiger partial charge in [0.25, 0.3) is 0 Å². The topological polar surface area (TPSA) is 87.0 Å². The van der Waals surface area contributed by atoms with Crippen LogP contribution in [-0.2, 0) is 0 Å². The first-order chi connectivity index (χ1) is 16.1. The molecular weight excluding hydrogens is 443 g/mol. The number of fused-ring (bicyclic) bond motifs is 2. The van der Waals surface area contributed by atoms with Gasteiger partial charge < -0.3 is 15.0 Å². The molecule has 1 N–H and O–H groups in total. The lowest BCUT2D eigenvalue weighted by atomic mass is 10.0. The van der Waals surface area contributed by atoms with Crippen molar-refractivity contribution >= 4 is 39.1 Å². The summed E-state index contributed by atoms with van der Waals surface area (Å²) in [6.07, 6.45) is 1.97. The number of hydrogen-bond donors (Lipinski definition) is 1. The molecule has 1 saturated heterocycles. The van der Waals surface area contributed by atoms with Gasteiger partial charge in [0.1, 0.15) is 17.0 Å². The molecule has 7 nitrogen and oxygen atoms in total. The second kappa shape index (κ2) is 8.77. The molecule has 0 aliphatic carbocycles. The molecular formula is C24H20ClFN6O. The molecule has 0 radical (unpaired) electrons. The predicted octanol–water partition coefficient (Wildman–Crippen LogP) is 4.34. The summed E-state index contributed by atoms with van der Waals surface area (Å²) in [6, 6.07) is 13.4. The Bertz CT molecular complexity index is 1400. The second-order valence-corrected chi connectivity index (χ2v) is 8.23. The third kappa shape index (κ3) is 3.80. The molecule has 1 aliphatic rings. The first-order valence-corrected chi connectivity index (χ1v) is 10.9. The SMILES string of the molecule is COc1nc(N2CCN[C@@H](CC#N)C2)c2cnc(-c3cccc4cccc(Cl)c34)c(F)c2n1.